The number of nitrogens with zero attached hydrogens (tertiary/aromatic N) is 2. The molecule has 3 N–H and O–H groups in total. The van der Waals surface area contributed by atoms with Gasteiger partial charge in [0.05, 0.1) is 10.6 Å². The van der Waals surface area contributed by atoms with Gasteiger partial charge in [0.1, 0.15) is 11.6 Å². The number of carbonyl (C=O) groups excluding carboxylic acids is 1. The summed E-state index contributed by atoms with van der Waals surface area (Å²) < 4.78 is 27.1. The van der Waals surface area contributed by atoms with E-state index in [2.05, 4.69) is 20.9 Å². The first-order valence-electron chi connectivity index (χ1n) is 9.55. The summed E-state index contributed by atoms with van der Waals surface area (Å²) in [6.45, 7) is 2.53. The van der Waals surface area contributed by atoms with Crippen molar-refractivity contribution >= 4 is 28.9 Å². The Hall–Kier alpha value is -2.68. The summed E-state index contributed by atoms with van der Waals surface area (Å²) >= 11 is 1.42. The van der Waals surface area contributed by atoms with Gasteiger partial charge in [0.25, 0.3) is 5.91 Å². The van der Waals surface area contributed by atoms with Crippen molar-refractivity contribution in [2.75, 3.05) is 38.1 Å². The standard InChI is InChI=1S/C20H25F2N5OS/c1-23-20(25-9-3-8-24-19(28)18-4-2-11-29-18)26-15-7-10-27(13-15)17-6-5-14(21)12-16(17)22/h2,4-6,11-12,15H,3,7-10,13H2,1H3,(H,24,28)(H2,23,25,26). The number of halogens is 2. The number of nitrogens with one attached hydrogen (secondary N) is 3. The quantitative estimate of drug-likeness (QED) is 0.365. The number of carbonyl (C=O) groups is 1. The lowest BCUT2D eigenvalue weighted by Crippen LogP contribution is -2.45. The van der Waals surface area contributed by atoms with E-state index in [1.165, 1.54) is 23.5 Å². The second-order valence-electron chi connectivity index (χ2n) is 6.76. The number of anilines is 1. The zero-order valence-electron chi connectivity index (χ0n) is 16.3. The lowest BCUT2D eigenvalue weighted by atomic mass is 10.2. The van der Waals surface area contributed by atoms with Crippen molar-refractivity contribution in [1.82, 2.24) is 16.0 Å². The van der Waals surface area contributed by atoms with Crippen LogP contribution in [0.15, 0.2) is 40.7 Å². The molecule has 0 spiro atoms. The van der Waals surface area contributed by atoms with Gasteiger partial charge in [-0.15, -0.1) is 11.3 Å². The largest absolute Gasteiger partial charge is 0.367 e. The van der Waals surface area contributed by atoms with Gasteiger partial charge < -0.3 is 20.9 Å². The van der Waals surface area contributed by atoms with Gasteiger partial charge in [0.2, 0.25) is 0 Å². The molecule has 0 radical (unpaired) electrons. The van der Waals surface area contributed by atoms with E-state index in [9.17, 15) is 13.6 Å². The average Bonchev–Trinajstić information content (AvgIpc) is 3.39. The molecule has 0 bridgehead atoms. The van der Waals surface area contributed by atoms with Crippen LogP contribution in [0.1, 0.15) is 22.5 Å². The molecule has 0 saturated carbocycles. The first kappa shape index (κ1) is 21.0. The maximum atomic E-state index is 14.0. The summed E-state index contributed by atoms with van der Waals surface area (Å²) in [4.78, 5) is 18.7. The third-order valence-corrected chi connectivity index (χ3v) is 5.55. The summed E-state index contributed by atoms with van der Waals surface area (Å²) in [6.07, 6.45) is 1.59. The summed E-state index contributed by atoms with van der Waals surface area (Å²) in [7, 11) is 1.69. The van der Waals surface area contributed by atoms with E-state index in [4.69, 9.17) is 0 Å². The average molecular weight is 422 g/mol. The number of thiophene rings is 1. The van der Waals surface area contributed by atoms with E-state index in [0.29, 0.717) is 42.7 Å². The van der Waals surface area contributed by atoms with Gasteiger partial charge >= 0.3 is 0 Å². The third kappa shape index (κ3) is 5.90. The first-order chi connectivity index (χ1) is 14.1. The van der Waals surface area contributed by atoms with E-state index in [1.54, 1.807) is 13.1 Å². The fourth-order valence-corrected chi connectivity index (χ4v) is 3.85. The van der Waals surface area contributed by atoms with E-state index >= 15 is 0 Å². The van der Waals surface area contributed by atoms with E-state index < -0.39 is 11.6 Å². The molecule has 1 aromatic heterocycles. The number of hydrogen-bond acceptors (Lipinski definition) is 4. The van der Waals surface area contributed by atoms with Crippen molar-refractivity contribution in [3.05, 3.63) is 52.2 Å². The van der Waals surface area contributed by atoms with Gasteiger partial charge in [-0.1, -0.05) is 6.07 Å². The third-order valence-electron chi connectivity index (χ3n) is 4.68. The highest BCUT2D eigenvalue weighted by Crippen LogP contribution is 2.24. The maximum absolute atomic E-state index is 14.0. The van der Waals surface area contributed by atoms with Crippen molar-refractivity contribution in [3.63, 3.8) is 0 Å². The molecule has 1 aliphatic rings. The Kier molecular flexibility index (Phi) is 7.40. The van der Waals surface area contributed by atoms with Crippen LogP contribution in [0, 0.1) is 11.6 Å². The molecular formula is C20H25F2N5OS. The van der Waals surface area contributed by atoms with Crippen molar-refractivity contribution in [2.24, 2.45) is 4.99 Å². The van der Waals surface area contributed by atoms with E-state index in [0.717, 1.165) is 18.9 Å². The van der Waals surface area contributed by atoms with Crippen LogP contribution in [0.3, 0.4) is 0 Å². The molecule has 0 aliphatic carbocycles. The van der Waals surface area contributed by atoms with Crippen molar-refractivity contribution in [1.29, 1.82) is 0 Å². The van der Waals surface area contributed by atoms with Gasteiger partial charge in [-0.05, 0) is 36.4 Å². The van der Waals surface area contributed by atoms with Crippen LogP contribution in [0.2, 0.25) is 0 Å². The monoisotopic (exact) mass is 421 g/mol. The number of hydrogen-bond donors (Lipinski definition) is 3. The highest BCUT2D eigenvalue weighted by Gasteiger charge is 2.25. The molecule has 9 heteroatoms. The summed E-state index contributed by atoms with van der Waals surface area (Å²) in [6, 6.07) is 7.43. The molecule has 156 valence electrons. The van der Waals surface area contributed by atoms with Crippen LogP contribution in [-0.4, -0.2) is 51.1 Å². The highest BCUT2D eigenvalue weighted by atomic mass is 32.1. The van der Waals surface area contributed by atoms with Crippen molar-refractivity contribution < 1.29 is 13.6 Å². The molecule has 2 aromatic rings. The zero-order chi connectivity index (χ0) is 20.6. The summed E-state index contributed by atoms with van der Waals surface area (Å²) in [5, 5.41) is 11.3. The van der Waals surface area contributed by atoms with Gasteiger partial charge in [0, 0.05) is 45.3 Å². The number of aliphatic imine (C=N–C) groups is 1. The number of rotatable bonds is 7. The van der Waals surface area contributed by atoms with Crippen LogP contribution in [0.25, 0.3) is 0 Å². The molecule has 1 atom stereocenters. The molecule has 1 saturated heterocycles. The van der Waals surface area contributed by atoms with Crippen LogP contribution in [0.4, 0.5) is 14.5 Å². The zero-order valence-corrected chi connectivity index (χ0v) is 17.1. The first-order valence-corrected chi connectivity index (χ1v) is 10.4. The Balaban J connectivity index is 1.37. The number of amides is 1. The fourth-order valence-electron chi connectivity index (χ4n) is 3.21. The van der Waals surface area contributed by atoms with Crippen molar-refractivity contribution in [3.8, 4) is 0 Å². The lowest BCUT2D eigenvalue weighted by Gasteiger charge is -2.21. The molecule has 1 aliphatic heterocycles. The molecular weight excluding hydrogens is 396 g/mol. The molecule has 3 rings (SSSR count). The molecule has 1 unspecified atom stereocenters. The predicted octanol–water partition coefficient (Wildman–Crippen LogP) is 2.59. The topological polar surface area (TPSA) is 68.8 Å². The molecule has 1 fully saturated rings. The molecule has 1 amide bonds. The summed E-state index contributed by atoms with van der Waals surface area (Å²) in [5.74, 6) is -0.503. The predicted molar refractivity (Wildman–Crippen MR) is 113 cm³/mol. The molecule has 29 heavy (non-hydrogen) atoms. The van der Waals surface area contributed by atoms with Gasteiger partial charge in [-0.25, -0.2) is 8.78 Å². The van der Waals surface area contributed by atoms with Gasteiger partial charge in [-0.3, -0.25) is 9.79 Å². The minimum atomic E-state index is -0.573. The number of guanidine groups is 1. The Morgan fingerprint density at radius 1 is 1.28 bits per heavy atom. The Morgan fingerprint density at radius 2 is 2.10 bits per heavy atom. The minimum absolute atomic E-state index is 0.0541. The van der Waals surface area contributed by atoms with Crippen LogP contribution >= 0.6 is 11.3 Å². The summed E-state index contributed by atoms with van der Waals surface area (Å²) in [5.41, 5.74) is 0.417. The molecule has 1 aromatic carbocycles. The van der Waals surface area contributed by atoms with E-state index in [-0.39, 0.29) is 11.9 Å². The number of benzene rings is 1. The molecule has 6 nitrogen and oxygen atoms in total. The maximum Gasteiger partial charge on any atom is 0.261 e. The van der Waals surface area contributed by atoms with Gasteiger partial charge in [-0.2, -0.15) is 0 Å². The lowest BCUT2D eigenvalue weighted by molar-refractivity contribution is 0.0957. The smallest absolute Gasteiger partial charge is 0.261 e. The Labute approximate surface area is 173 Å². The van der Waals surface area contributed by atoms with Crippen molar-refractivity contribution in [2.45, 2.75) is 18.9 Å². The SMILES string of the molecule is CN=C(NCCCNC(=O)c1cccs1)NC1CCN(c2ccc(F)cc2F)C1. The van der Waals surface area contributed by atoms with E-state index in [1.807, 2.05) is 16.3 Å². The second-order valence-corrected chi connectivity index (χ2v) is 7.71. The second kappa shape index (κ2) is 10.2. The van der Waals surface area contributed by atoms with Crippen LogP contribution in [0.5, 0.6) is 0 Å². The van der Waals surface area contributed by atoms with Crippen LogP contribution < -0.4 is 20.9 Å². The minimum Gasteiger partial charge on any atom is -0.367 e. The fraction of sp³-hybridized carbons (Fsp3) is 0.400. The Bertz CT molecular complexity index is 843. The Morgan fingerprint density at radius 3 is 2.83 bits per heavy atom. The van der Waals surface area contributed by atoms with Crippen LogP contribution in [-0.2, 0) is 0 Å². The molecule has 2 heterocycles. The normalized spacial score (nSPS) is 16.7. The highest BCUT2D eigenvalue weighted by molar-refractivity contribution is 7.12. The van der Waals surface area contributed by atoms with Gasteiger partial charge in [0.15, 0.2) is 5.96 Å².